The number of rotatable bonds is 3. The molecule has 1 aliphatic rings. The number of thiophene rings is 1. The summed E-state index contributed by atoms with van der Waals surface area (Å²) < 4.78 is 11.4. The molecule has 0 spiro atoms. The van der Waals surface area contributed by atoms with Crippen molar-refractivity contribution in [2.75, 3.05) is 5.32 Å². The first kappa shape index (κ1) is 14.4. The Morgan fingerprint density at radius 1 is 1.18 bits per heavy atom. The van der Waals surface area contributed by atoms with Gasteiger partial charge in [0, 0.05) is 0 Å². The number of hydrogen-bond acceptors (Lipinski definition) is 5. The van der Waals surface area contributed by atoms with Crippen LogP contribution in [0.2, 0.25) is 0 Å². The van der Waals surface area contributed by atoms with Crippen molar-refractivity contribution < 1.29 is 19.1 Å². The molecule has 114 valence electrons. The SMILES string of the molecule is C[C@@H]1Oc2ccccc2O[C@H]1C(=O)Nc1sccc1C(N)=O. The van der Waals surface area contributed by atoms with Crippen LogP contribution in [0.1, 0.15) is 17.3 Å². The molecule has 1 aliphatic heterocycles. The second-order valence-electron chi connectivity index (χ2n) is 4.83. The number of amides is 2. The molecule has 2 heterocycles. The first-order chi connectivity index (χ1) is 10.6. The second kappa shape index (κ2) is 5.69. The Balaban J connectivity index is 1.78. The zero-order valence-electron chi connectivity index (χ0n) is 11.7. The van der Waals surface area contributed by atoms with Crippen LogP contribution in [0.3, 0.4) is 0 Å². The van der Waals surface area contributed by atoms with E-state index in [-0.39, 0.29) is 11.5 Å². The molecule has 6 nitrogen and oxygen atoms in total. The zero-order chi connectivity index (χ0) is 15.7. The van der Waals surface area contributed by atoms with Crippen LogP contribution in [-0.2, 0) is 4.79 Å². The number of ether oxygens (including phenoxy) is 2. The number of para-hydroxylation sites is 2. The van der Waals surface area contributed by atoms with Crippen molar-refractivity contribution in [3.63, 3.8) is 0 Å². The molecule has 1 aromatic heterocycles. The smallest absolute Gasteiger partial charge is 0.269 e. The second-order valence-corrected chi connectivity index (χ2v) is 5.74. The largest absolute Gasteiger partial charge is 0.482 e. The maximum absolute atomic E-state index is 12.4. The van der Waals surface area contributed by atoms with Gasteiger partial charge in [-0.15, -0.1) is 11.3 Å². The predicted octanol–water partition coefficient (Wildman–Crippen LogP) is 2.01. The quantitative estimate of drug-likeness (QED) is 0.906. The third-order valence-corrected chi connectivity index (χ3v) is 4.10. The maximum Gasteiger partial charge on any atom is 0.269 e. The molecule has 0 bridgehead atoms. The van der Waals surface area contributed by atoms with E-state index in [0.717, 1.165) is 0 Å². The Labute approximate surface area is 130 Å². The number of nitrogens with one attached hydrogen (secondary N) is 1. The zero-order valence-corrected chi connectivity index (χ0v) is 12.6. The van der Waals surface area contributed by atoms with Gasteiger partial charge in [-0.05, 0) is 30.5 Å². The molecule has 0 fully saturated rings. The van der Waals surface area contributed by atoms with Crippen LogP contribution in [0.25, 0.3) is 0 Å². The summed E-state index contributed by atoms with van der Waals surface area (Å²) in [6, 6.07) is 8.73. The van der Waals surface area contributed by atoms with Gasteiger partial charge >= 0.3 is 0 Å². The number of carbonyl (C=O) groups is 2. The topological polar surface area (TPSA) is 90.7 Å². The van der Waals surface area contributed by atoms with Crippen LogP contribution < -0.4 is 20.5 Å². The lowest BCUT2D eigenvalue weighted by atomic mass is 10.1. The third kappa shape index (κ3) is 2.62. The average Bonchev–Trinajstić information content (AvgIpc) is 2.94. The lowest BCUT2D eigenvalue weighted by Gasteiger charge is -2.30. The third-order valence-electron chi connectivity index (χ3n) is 3.27. The number of hydrogen-bond donors (Lipinski definition) is 2. The fourth-order valence-electron chi connectivity index (χ4n) is 2.19. The van der Waals surface area contributed by atoms with E-state index in [4.69, 9.17) is 15.2 Å². The first-order valence-corrected chi connectivity index (χ1v) is 7.54. The van der Waals surface area contributed by atoms with E-state index >= 15 is 0 Å². The minimum absolute atomic E-state index is 0.281. The molecule has 3 N–H and O–H groups in total. The maximum atomic E-state index is 12.4. The Morgan fingerprint density at radius 3 is 2.55 bits per heavy atom. The molecular formula is C15H14N2O4S. The minimum Gasteiger partial charge on any atom is -0.482 e. The van der Waals surface area contributed by atoms with Crippen molar-refractivity contribution in [2.45, 2.75) is 19.1 Å². The van der Waals surface area contributed by atoms with Gasteiger partial charge in [0.25, 0.3) is 11.8 Å². The number of benzene rings is 1. The van der Waals surface area contributed by atoms with Crippen molar-refractivity contribution in [1.82, 2.24) is 0 Å². The van der Waals surface area contributed by atoms with Gasteiger partial charge in [-0.1, -0.05) is 12.1 Å². The Hall–Kier alpha value is -2.54. The number of carbonyl (C=O) groups excluding carboxylic acids is 2. The molecule has 0 unspecified atom stereocenters. The highest BCUT2D eigenvalue weighted by atomic mass is 32.1. The van der Waals surface area contributed by atoms with Crippen LogP contribution in [-0.4, -0.2) is 24.0 Å². The van der Waals surface area contributed by atoms with Gasteiger partial charge in [-0.25, -0.2) is 0 Å². The summed E-state index contributed by atoms with van der Waals surface area (Å²) in [5.74, 6) is 0.151. The highest BCUT2D eigenvalue weighted by Crippen LogP contribution is 2.34. The molecule has 0 saturated heterocycles. The number of primary amides is 1. The molecule has 2 atom stereocenters. The highest BCUT2D eigenvalue weighted by Gasteiger charge is 2.34. The van der Waals surface area contributed by atoms with E-state index < -0.39 is 18.1 Å². The molecule has 2 aromatic rings. The van der Waals surface area contributed by atoms with Gasteiger partial charge < -0.3 is 20.5 Å². The first-order valence-electron chi connectivity index (χ1n) is 6.67. The Morgan fingerprint density at radius 2 is 1.86 bits per heavy atom. The van der Waals surface area contributed by atoms with Crippen LogP contribution in [0.15, 0.2) is 35.7 Å². The Bertz CT molecular complexity index is 728. The fraction of sp³-hybridized carbons (Fsp3) is 0.200. The molecule has 7 heteroatoms. The van der Waals surface area contributed by atoms with E-state index in [1.165, 1.54) is 11.3 Å². The molecule has 3 rings (SSSR count). The van der Waals surface area contributed by atoms with Crippen molar-refractivity contribution >= 4 is 28.2 Å². The van der Waals surface area contributed by atoms with Crippen LogP contribution >= 0.6 is 11.3 Å². The molecular weight excluding hydrogens is 304 g/mol. The van der Waals surface area contributed by atoms with Gasteiger partial charge in [-0.2, -0.15) is 0 Å². The van der Waals surface area contributed by atoms with E-state index in [1.807, 2.05) is 6.07 Å². The lowest BCUT2D eigenvalue weighted by Crippen LogP contribution is -2.46. The van der Waals surface area contributed by atoms with Gasteiger partial charge in [0.1, 0.15) is 11.1 Å². The number of anilines is 1. The van der Waals surface area contributed by atoms with Crippen LogP contribution in [0.4, 0.5) is 5.00 Å². The van der Waals surface area contributed by atoms with E-state index in [0.29, 0.717) is 16.5 Å². The summed E-state index contributed by atoms with van der Waals surface area (Å²) in [6.45, 7) is 1.75. The summed E-state index contributed by atoms with van der Waals surface area (Å²) in [7, 11) is 0. The van der Waals surface area contributed by atoms with Gasteiger partial charge in [0.05, 0.1) is 5.56 Å². The normalized spacial score (nSPS) is 19.5. The molecule has 0 radical (unpaired) electrons. The molecule has 22 heavy (non-hydrogen) atoms. The van der Waals surface area contributed by atoms with Crippen LogP contribution in [0.5, 0.6) is 11.5 Å². The summed E-state index contributed by atoms with van der Waals surface area (Å²) in [4.78, 5) is 23.7. The highest BCUT2D eigenvalue weighted by molar-refractivity contribution is 7.14. The van der Waals surface area contributed by atoms with Gasteiger partial charge in [-0.3, -0.25) is 9.59 Å². The van der Waals surface area contributed by atoms with Crippen LogP contribution in [0, 0.1) is 0 Å². The van der Waals surface area contributed by atoms with Gasteiger partial charge in [0.2, 0.25) is 6.10 Å². The van der Waals surface area contributed by atoms with Crippen molar-refractivity contribution in [1.29, 1.82) is 0 Å². The molecule has 1 aromatic carbocycles. The molecule has 0 aliphatic carbocycles. The van der Waals surface area contributed by atoms with E-state index in [2.05, 4.69) is 5.32 Å². The van der Waals surface area contributed by atoms with Crippen molar-refractivity contribution in [2.24, 2.45) is 5.73 Å². The predicted molar refractivity (Wildman–Crippen MR) is 82.4 cm³/mol. The number of nitrogens with two attached hydrogens (primary N) is 1. The number of fused-ring (bicyclic) bond motifs is 1. The summed E-state index contributed by atoms with van der Waals surface area (Å²) in [6.07, 6.45) is -1.26. The fourth-order valence-corrected chi connectivity index (χ4v) is 2.98. The van der Waals surface area contributed by atoms with E-state index in [9.17, 15) is 9.59 Å². The monoisotopic (exact) mass is 318 g/mol. The van der Waals surface area contributed by atoms with Gasteiger partial charge in [0.15, 0.2) is 11.5 Å². The Kier molecular flexibility index (Phi) is 3.72. The lowest BCUT2D eigenvalue weighted by molar-refractivity contribution is -0.127. The average molecular weight is 318 g/mol. The summed E-state index contributed by atoms with van der Waals surface area (Å²) in [5, 5.41) is 4.77. The standard InChI is InChI=1S/C15H14N2O4S/c1-8-12(21-11-5-3-2-4-10(11)20-8)14(19)17-15-9(13(16)18)6-7-22-15/h2-8,12H,1H3,(H2,16,18)(H,17,19)/t8-,12+/m0/s1. The van der Waals surface area contributed by atoms with Crippen molar-refractivity contribution in [3.8, 4) is 11.5 Å². The summed E-state index contributed by atoms with van der Waals surface area (Å²) in [5.41, 5.74) is 5.54. The van der Waals surface area contributed by atoms with Crippen molar-refractivity contribution in [3.05, 3.63) is 41.3 Å². The summed E-state index contributed by atoms with van der Waals surface area (Å²) >= 11 is 1.23. The minimum atomic E-state index is -0.808. The van der Waals surface area contributed by atoms with E-state index in [1.54, 1.807) is 36.6 Å². The molecule has 2 amide bonds. The molecule has 0 saturated carbocycles.